The lowest BCUT2D eigenvalue weighted by atomic mass is 10.1. The van der Waals surface area contributed by atoms with E-state index >= 15 is 0 Å². The molecule has 0 heterocycles. The maximum Gasteiger partial charge on any atom is 0.140 e. The summed E-state index contributed by atoms with van der Waals surface area (Å²) >= 11 is 0. The molecule has 3 N–H and O–H groups in total. The average Bonchev–Trinajstić information content (AvgIpc) is 1.83. The van der Waals surface area contributed by atoms with Gasteiger partial charge in [0.2, 0.25) is 0 Å². The van der Waals surface area contributed by atoms with E-state index in [0.717, 1.165) is 0 Å². The molecule has 0 amide bonds. The minimum absolute atomic E-state index is 0.190. The number of rotatable bonds is 0. The van der Waals surface area contributed by atoms with Crippen LogP contribution in [0.1, 0.15) is 0 Å². The van der Waals surface area contributed by atoms with Gasteiger partial charge in [0.05, 0.1) is 0 Å². The van der Waals surface area contributed by atoms with Crippen molar-refractivity contribution < 1.29 is 15.3 Å². The molecule has 0 saturated heterocycles. The molecule has 0 bridgehead atoms. The molecule has 3 heteroatoms. The van der Waals surface area contributed by atoms with E-state index in [0.29, 0.717) is 0 Å². The van der Waals surface area contributed by atoms with Crippen molar-refractivity contribution in [3.63, 3.8) is 0 Å². The number of aliphatic hydroxyl groups excluding tert-OH is 3. The Balaban J connectivity index is 2.73. The molecular formula is C6H8O3. The van der Waals surface area contributed by atoms with Crippen LogP contribution in [-0.2, 0) is 0 Å². The fraction of sp³-hybridized carbons (Fsp3) is 0.333. The zero-order valence-electron chi connectivity index (χ0n) is 4.73. The van der Waals surface area contributed by atoms with Crippen molar-refractivity contribution in [1.82, 2.24) is 0 Å². The Labute approximate surface area is 52.6 Å². The first-order chi connectivity index (χ1) is 4.22. The molecule has 1 aliphatic rings. The Morgan fingerprint density at radius 3 is 2.44 bits per heavy atom. The Kier molecular flexibility index (Phi) is 1.55. The van der Waals surface area contributed by atoms with Crippen molar-refractivity contribution in [1.29, 1.82) is 0 Å². The van der Waals surface area contributed by atoms with Gasteiger partial charge < -0.3 is 15.3 Å². The molecule has 0 aromatic heterocycles. The average molecular weight is 128 g/mol. The monoisotopic (exact) mass is 128 g/mol. The zero-order valence-corrected chi connectivity index (χ0v) is 4.73. The lowest BCUT2D eigenvalue weighted by Crippen LogP contribution is -2.27. The lowest BCUT2D eigenvalue weighted by Gasteiger charge is -2.15. The SMILES string of the molecule is OC1=CC=C[C@H](O)C1O. The normalized spacial score (nSPS) is 34.2. The van der Waals surface area contributed by atoms with Gasteiger partial charge in [0.1, 0.15) is 18.0 Å². The number of allylic oxidation sites excluding steroid dienone is 2. The van der Waals surface area contributed by atoms with E-state index in [2.05, 4.69) is 0 Å². The molecule has 0 radical (unpaired) electrons. The van der Waals surface area contributed by atoms with Gasteiger partial charge in [-0.1, -0.05) is 12.2 Å². The van der Waals surface area contributed by atoms with Gasteiger partial charge in [0.15, 0.2) is 0 Å². The molecule has 1 aliphatic carbocycles. The smallest absolute Gasteiger partial charge is 0.140 e. The van der Waals surface area contributed by atoms with Gasteiger partial charge in [0.25, 0.3) is 0 Å². The van der Waals surface area contributed by atoms with Crippen molar-refractivity contribution in [3.8, 4) is 0 Å². The summed E-state index contributed by atoms with van der Waals surface area (Å²) < 4.78 is 0. The van der Waals surface area contributed by atoms with Crippen molar-refractivity contribution in [2.24, 2.45) is 0 Å². The minimum atomic E-state index is -1.14. The quantitative estimate of drug-likeness (QED) is 0.420. The van der Waals surface area contributed by atoms with Crippen molar-refractivity contribution in [2.75, 3.05) is 0 Å². The van der Waals surface area contributed by atoms with Crippen LogP contribution in [0, 0.1) is 0 Å². The third kappa shape index (κ3) is 1.12. The second-order valence-corrected chi connectivity index (χ2v) is 1.91. The van der Waals surface area contributed by atoms with Crippen LogP contribution in [0.3, 0.4) is 0 Å². The van der Waals surface area contributed by atoms with Gasteiger partial charge in [-0.3, -0.25) is 0 Å². The van der Waals surface area contributed by atoms with E-state index in [4.69, 9.17) is 15.3 Å². The zero-order chi connectivity index (χ0) is 6.85. The van der Waals surface area contributed by atoms with Crippen LogP contribution >= 0.6 is 0 Å². The minimum Gasteiger partial charge on any atom is -0.509 e. The van der Waals surface area contributed by atoms with Crippen LogP contribution in [0.4, 0.5) is 0 Å². The summed E-state index contributed by atoms with van der Waals surface area (Å²) in [5.74, 6) is -0.190. The van der Waals surface area contributed by atoms with Crippen LogP contribution in [0.15, 0.2) is 24.0 Å². The van der Waals surface area contributed by atoms with E-state index in [-0.39, 0.29) is 5.76 Å². The molecule has 2 atom stereocenters. The molecule has 0 aromatic carbocycles. The summed E-state index contributed by atoms with van der Waals surface area (Å²) in [5.41, 5.74) is 0. The Morgan fingerprint density at radius 2 is 2.00 bits per heavy atom. The third-order valence-corrected chi connectivity index (χ3v) is 1.20. The highest BCUT2D eigenvalue weighted by Gasteiger charge is 2.19. The molecule has 1 rings (SSSR count). The maximum atomic E-state index is 8.83. The predicted octanol–water partition coefficient (Wildman–Crippen LogP) is -0.280. The second kappa shape index (κ2) is 2.21. The first kappa shape index (κ1) is 6.32. The molecule has 1 unspecified atom stereocenters. The van der Waals surface area contributed by atoms with Gasteiger partial charge >= 0.3 is 0 Å². The summed E-state index contributed by atoms with van der Waals surface area (Å²) in [4.78, 5) is 0. The van der Waals surface area contributed by atoms with Crippen LogP contribution in [0.25, 0.3) is 0 Å². The van der Waals surface area contributed by atoms with Crippen LogP contribution in [0.5, 0.6) is 0 Å². The second-order valence-electron chi connectivity index (χ2n) is 1.91. The summed E-state index contributed by atoms with van der Waals surface area (Å²) in [6.07, 6.45) is 2.14. The fourth-order valence-corrected chi connectivity index (χ4v) is 0.647. The number of aliphatic hydroxyl groups is 3. The fourth-order valence-electron chi connectivity index (χ4n) is 0.647. The molecule has 0 spiro atoms. The molecular weight excluding hydrogens is 120 g/mol. The lowest BCUT2D eigenvalue weighted by molar-refractivity contribution is 0.0433. The highest BCUT2D eigenvalue weighted by Crippen LogP contribution is 2.09. The standard InChI is InChI=1S/C6H8O3/c7-4-2-1-3-5(8)6(4)9/h1-4,6-9H/t4-,6?/m0/s1. The Morgan fingerprint density at radius 1 is 1.33 bits per heavy atom. The molecule has 3 nitrogen and oxygen atoms in total. The number of hydrogen-bond donors (Lipinski definition) is 3. The summed E-state index contributed by atoms with van der Waals surface area (Å²) in [6.45, 7) is 0. The van der Waals surface area contributed by atoms with Gasteiger partial charge in [-0.2, -0.15) is 0 Å². The van der Waals surface area contributed by atoms with Crippen molar-refractivity contribution in [3.05, 3.63) is 24.0 Å². The topological polar surface area (TPSA) is 60.7 Å². The third-order valence-electron chi connectivity index (χ3n) is 1.20. The summed E-state index contributed by atoms with van der Waals surface area (Å²) in [6, 6.07) is 0. The van der Waals surface area contributed by atoms with E-state index in [1.165, 1.54) is 18.2 Å². The van der Waals surface area contributed by atoms with Crippen molar-refractivity contribution >= 4 is 0 Å². The molecule has 0 saturated carbocycles. The van der Waals surface area contributed by atoms with E-state index < -0.39 is 12.2 Å². The highest BCUT2D eigenvalue weighted by atomic mass is 16.4. The highest BCUT2D eigenvalue weighted by molar-refractivity contribution is 5.19. The molecule has 50 valence electrons. The van der Waals surface area contributed by atoms with Gasteiger partial charge in [-0.25, -0.2) is 0 Å². The van der Waals surface area contributed by atoms with E-state index in [1.807, 2.05) is 0 Å². The van der Waals surface area contributed by atoms with E-state index in [1.54, 1.807) is 0 Å². The molecule has 0 fully saturated rings. The predicted molar refractivity (Wildman–Crippen MR) is 31.9 cm³/mol. The number of hydrogen-bond acceptors (Lipinski definition) is 3. The summed E-state index contributed by atoms with van der Waals surface area (Å²) in [5, 5.41) is 26.4. The van der Waals surface area contributed by atoms with Crippen LogP contribution in [-0.4, -0.2) is 27.5 Å². The van der Waals surface area contributed by atoms with Crippen LogP contribution < -0.4 is 0 Å². The molecule has 9 heavy (non-hydrogen) atoms. The van der Waals surface area contributed by atoms with E-state index in [9.17, 15) is 0 Å². The first-order valence-electron chi connectivity index (χ1n) is 2.65. The van der Waals surface area contributed by atoms with Gasteiger partial charge in [0, 0.05) is 0 Å². The van der Waals surface area contributed by atoms with Gasteiger partial charge in [-0.05, 0) is 6.08 Å². The largest absolute Gasteiger partial charge is 0.509 e. The molecule has 0 aliphatic heterocycles. The molecule has 0 aromatic rings. The maximum absolute atomic E-state index is 8.83. The first-order valence-corrected chi connectivity index (χ1v) is 2.65. The Hall–Kier alpha value is -0.800. The summed E-state index contributed by atoms with van der Waals surface area (Å²) in [7, 11) is 0. The van der Waals surface area contributed by atoms with Gasteiger partial charge in [-0.15, -0.1) is 0 Å². The van der Waals surface area contributed by atoms with Crippen LogP contribution in [0.2, 0.25) is 0 Å². The van der Waals surface area contributed by atoms with Crippen molar-refractivity contribution in [2.45, 2.75) is 12.2 Å². The Bertz CT molecular complexity index is 160.